The number of aromatic nitrogens is 1. The normalized spacial score (nSPS) is 10.9. The van der Waals surface area contributed by atoms with Gasteiger partial charge in [0.25, 0.3) is 5.91 Å². The van der Waals surface area contributed by atoms with Crippen molar-refractivity contribution in [2.45, 2.75) is 6.92 Å². The maximum absolute atomic E-state index is 12.5. The molecule has 4 aromatic rings. The van der Waals surface area contributed by atoms with Crippen molar-refractivity contribution in [1.29, 1.82) is 0 Å². The SMILES string of the molecule is COc1c(I)cc(/C=N\NC(=O)c2ccc(-c3csc(Nc4ccc(C)cc4)n3)cc2)cc1I. The number of benzene rings is 3. The summed E-state index contributed by atoms with van der Waals surface area (Å²) in [7, 11) is 1.65. The van der Waals surface area contributed by atoms with Crippen LogP contribution in [0.25, 0.3) is 11.3 Å². The lowest BCUT2D eigenvalue weighted by atomic mass is 10.1. The zero-order valence-corrected chi connectivity index (χ0v) is 23.4. The minimum absolute atomic E-state index is 0.277. The molecule has 9 heteroatoms. The molecule has 0 saturated heterocycles. The predicted molar refractivity (Wildman–Crippen MR) is 155 cm³/mol. The molecule has 0 bridgehead atoms. The van der Waals surface area contributed by atoms with E-state index in [0.29, 0.717) is 5.56 Å². The molecular weight excluding hydrogens is 674 g/mol. The zero-order chi connectivity index (χ0) is 24.1. The Hall–Kier alpha value is -2.51. The first-order chi connectivity index (χ1) is 16.4. The summed E-state index contributed by atoms with van der Waals surface area (Å²) in [5.41, 5.74) is 7.99. The molecule has 4 rings (SSSR count). The molecule has 0 aliphatic rings. The highest BCUT2D eigenvalue weighted by molar-refractivity contribution is 14.1. The van der Waals surface area contributed by atoms with Crippen LogP contribution in [-0.2, 0) is 0 Å². The molecule has 0 aliphatic heterocycles. The summed E-state index contributed by atoms with van der Waals surface area (Å²) in [6.45, 7) is 2.06. The van der Waals surface area contributed by atoms with Crippen molar-refractivity contribution in [3.05, 3.63) is 89.9 Å². The molecule has 1 aromatic heterocycles. The topological polar surface area (TPSA) is 75.6 Å². The summed E-state index contributed by atoms with van der Waals surface area (Å²) >= 11 is 5.97. The van der Waals surface area contributed by atoms with Gasteiger partial charge in [-0.25, -0.2) is 10.4 Å². The largest absolute Gasteiger partial charge is 0.495 e. The molecule has 0 saturated carbocycles. The summed E-state index contributed by atoms with van der Waals surface area (Å²) in [5.74, 6) is 0.557. The lowest BCUT2D eigenvalue weighted by molar-refractivity contribution is 0.0955. The Kier molecular flexibility index (Phi) is 8.16. The Morgan fingerprint density at radius 3 is 2.38 bits per heavy atom. The summed E-state index contributed by atoms with van der Waals surface area (Å²) < 4.78 is 7.33. The highest BCUT2D eigenvalue weighted by atomic mass is 127. The molecule has 0 atom stereocenters. The van der Waals surface area contributed by atoms with E-state index in [1.807, 2.05) is 41.8 Å². The van der Waals surface area contributed by atoms with E-state index in [1.54, 1.807) is 25.5 Å². The predicted octanol–water partition coefficient (Wildman–Crippen LogP) is 6.84. The molecule has 0 spiro atoms. The maximum Gasteiger partial charge on any atom is 0.271 e. The van der Waals surface area contributed by atoms with Crippen LogP contribution >= 0.6 is 56.5 Å². The summed E-state index contributed by atoms with van der Waals surface area (Å²) in [5, 5.41) is 10.2. The molecule has 6 nitrogen and oxygen atoms in total. The van der Waals surface area contributed by atoms with Crippen LogP contribution in [0.2, 0.25) is 0 Å². The molecular formula is C25H20I2N4O2S. The number of aryl methyl sites for hydroxylation is 1. The van der Waals surface area contributed by atoms with Gasteiger partial charge in [0.05, 0.1) is 26.2 Å². The Morgan fingerprint density at radius 2 is 1.74 bits per heavy atom. The number of carbonyl (C=O) groups excluding carboxylic acids is 1. The first-order valence-corrected chi connectivity index (χ1v) is 13.2. The number of amides is 1. The van der Waals surface area contributed by atoms with Gasteiger partial charge in [-0.05, 0) is 94.1 Å². The third-order valence-electron chi connectivity index (χ3n) is 4.85. The minimum atomic E-state index is -0.277. The number of anilines is 2. The maximum atomic E-state index is 12.5. The van der Waals surface area contributed by atoms with Crippen LogP contribution in [-0.4, -0.2) is 24.2 Å². The first kappa shape index (κ1) is 24.6. The van der Waals surface area contributed by atoms with Gasteiger partial charge in [0.1, 0.15) is 5.75 Å². The van der Waals surface area contributed by atoms with E-state index >= 15 is 0 Å². The van der Waals surface area contributed by atoms with Crippen molar-refractivity contribution >= 4 is 79.5 Å². The smallest absolute Gasteiger partial charge is 0.271 e. The van der Waals surface area contributed by atoms with E-state index in [-0.39, 0.29) is 5.91 Å². The molecule has 0 aliphatic carbocycles. The van der Waals surface area contributed by atoms with Crippen LogP contribution in [0.15, 0.2) is 71.1 Å². The van der Waals surface area contributed by atoms with E-state index in [2.05, 4.69) is 85.1 Å². The van der Waals surface area contributed by atoms with Gasteiger partial charge in [-0.2, -0.15) is 5.10 Å². The van der Waals surface area contributed by atoms with E-state index in [9.17, 15) is 4.79 Å². The summed E-state index contributed by atoms with van der Waals surface area (Å²) in [4.78, 5) is 17.1. The van der Waals surface area contributed by atoms with Gasteiger partial charge in [0.15, 0.2) is 5.13 Å². The number of ether oxygens (including phenoxy) is 1. The third-order valence-corrected chi connectivity index (χ3v) is 7.21. The van der Waals surface area contributed by atoms with Gasteiger partial charge in [-0.15, -0.1) is 11.3 Å². The quantitative estimate of drug-likeness (QED) is 0.126. The lowest BCUT2D eigenvalue weighted by Crippen LogP contribution is -2.17. The van der Waals surface area contributed by atoms with Crippen LogP contribution in [0.3, 0.4) is 0 Å². The Labute approximate surface area is 229 Å². The van der Waals surface area contributed by atoms with E-state index in [4.69, 9.17) is 4.74 Å². The highest BCUT2D eigenvalue weighted by Gasteiger charge is 2.09. The fourth-order valence-electron chi connectivity index (χ4n) is 3.10. The van der Waals surface area contributed by atoms with Crippen LogP contribution in [0, 0.1) is 14.1 Å². The van der Waals surface area contributed by atoms with Crippen LogP contribution in [0.1, 0.15) is 21.5 Å². The molecule has 0 fully saturated rings. The van der Waals surface area contributed by atoms with Crippen molar-refractivity contribution < 1.29 is 9.53 Å². The zero-order valence-electron chi connectivity index (χ0n) is 18.3. The number of methoxy groups -OCH3 is 1. The van der Waals surface area contributed by atoms with Gasteiger partial charge >= 0.3 is 0 Å². The summed E-state index contributed by atoms with van der Waals surface area (Å²) in [6.07, 6.45) is 1.62. The lowest BCUT2D eigenvalue weighted by Gasteiger charge is -2.07. The average Bonchev–Trinajstić information content (AvgIpc) is 3.29. The number of rotatable bonds is 7. The minimum Gasteiger partial charge on any atom is -0.495 e. The molecule has 0 unspecified atom stereocenters. The average molecular weight is 694 g/mol. The van der Waals surface area contributed by atoms with Gasteiger partial charge in [0.2, 0.25) is 0 Å². The molecule has 172 valence electrons. The number of hydrogen-bond donors (Lipinski definition) is 2. The van der Waals surface area contributed by atoms with E-state index in [1.165, 1.54) is 16.9 Å². The molecule has 1 heterocycles. The number of hydrogen-bond acceptors (Lipinski definition) is 6. The molecule has 34 heavy (non-hydrogen) atoms. The number of halogens is 2. The number of thiazole rings is 1. The highest BCUT2D eigenvalue weighted by Crippen LogP contribution is 2.29. The first-order valence-electron chi connectivity index (χ1n) is 10.2. The molecule has 2 N–H and O–H groups in total. The van der Waals surface area contributed by atoms with E-state index < -0.39 is 0 Å². The van der Waals surface area contributed by atoms with Crippen molar-refractivity contribution in [3.8, 4) is 17.0 Å². The third kappa shape index (κ3) is 6.13. The van der Waals surface area contributed by atoms with Gasteiger partial charge in [0, 0.05) is 22.2 Å². The second-order valence-electron chi connectivity index (χ2n) is 7.32. The number of nitrogens with zero attached hydrogens (tertiary/aromatic N) is 2. The second kappa shape index (κ2) is 11.3. The second-order valence-corrected chi connectivity index (χ2v) is 10.5. The monoisotopic (exact) mass is 694 g/mol. The van der Waals surface area contributed by atoms with Crippen molar-refractivity contribution in [2.24, 2.45) is 5.10 Å². The Bertz CT molecular complexity index is 1310. The summed E-state index contributed by atoms with van der Waals surface area (Å²) in [6, 6.07) is 19.4. The van der Waals surface area contributed by atoms with Crippen LogP contribution < -0.4 is 15.5 Å². The van der Waals surface area contributed by atoms with Crippen molar-refractivity contribution in [3.63, 3.8) is 0 Å². The Morgan fingerprint density at radius 1 is 1.06 bits per heavy atom. The molecule has 0 radical (unpaired) electrons. The van der Waals surface area contributed by atoms with Crippen molar-refractivity contribution in [2.75, 3.05) is 12.4 Å². The number of nitrogens with one attached hydrogen (secondary N) is 2. The van der Waals surface area contributed by atoms with E-state index in [0.717, 1.165) is 40.5 Å². The Balaban J connectivity index is 1.38. The van der Waals surface area contributed by atoms with Gasteiger partial charge < -0.3 is 10.1 Å². The van der Waals surface area contributed by atoms with Crippen molar-refractivity contribution in [1.82, 2.24) is 10.4 Å². The molecule has 3 aromatic carbocycles. The fourth-order valence-corrected chi connectivity index (χ4v) is 6.09. The van der Waals surface area contributed by atoms with Crippen LogP contribution in [0.5, 0.6) is 5.75 Å². The fraction of sp³-hybridized carbons (Fsp3) is 0.0800. The van der Waals surface area contributed by atoms with Gasteiger partial charge in [-0.3, -0.25) is 4.79 Å². The number of hydrazone groups is 1. The number of carbonyl (C=O) groups is 1. The van der Waals surface area contributed by atoms with Gasteiger partial charge in [-0.1, -0.05) is 29.8 Å². The standard InChI is InChI=1S/C25H20I2N4O2S/c1-15-3-9-19(10-4-15)29-25-30-22(14-34-25)17-5-7-18(8-6-17)24(32)31-28-13-16-11-20(26)23(33-2)21(27)12-16/h3-14H,1-2H3,(H,29,30)(H,31,32)/b28-13-. The van der Waals surface area contributed by atoms with Crippen LogP contribution in [0.4, 0.5) is 10.8 Å². The molecule has 1 amide bonds.